The summed E-state index contributed by atoms with van der Waals surface area (Å²) in [6, 6.07) is 8.87. The van der Waals surface area contributed by atoms with Gasteiger partial charge in [0.05, 0.1) is 11.3 Å². The van der Waals surface area contributed by atoms with Crippen LogP contribution in [0.3, 0.4) is 0 Å². The van der Waals surface area contributed by atoms with E-state index in [0.717, 1.165) is 18.9 Å². The predicted octanol–water partition coefficient (Wildman–Crippen LogP) is 4.02. The Kier molecular flexibility index (Phi) is 5.59. The fourth-order valence-corrected chi connectivity index (χ4v) is 3.73. The summed E-state index contributed by atoms with van der Waals surface area (Å²) in [6.45, 7) is 8.66. The molecule has 3 heteroatoms. The van der Waals surface area contributed by atoms with E-state index in [9.17, 15) is 0 Å². The van der Waals surface area contributed by atoms with Crippen molar-refractivity contribution in [2.75, 3.05) is 13.2 Å². The number of para-hydroxylation sites is 1. The van der Waals surface area contributed by atoms with E-state index in [-0.39, 0.29) is 0 Å². The van der Waals surface area contributed by atoms with Gasteiger partial charge in [0.15, 0.2) is 0 Å². The molecule has 0 radical (unpaired) electrons. The highest BCUT2D eigenvalue weighted by Crippen LogP contribution is 2.38. The van der Waals surface area contributed by atoms with Crippen LogP contribution in [0.4, 0.5) is 0 Å². The Balaban J connectivity index is 2.16. The van der Waals surface area contributed by atoms with E-state index in [0.29, 0.717) is 16.5 Å². The molecule has 19 heavy (non-hydrogen) atoms. The van der Waals surface area contributed by atoms with Crippen LogP contribution in [0, 0.1) is 0 Å². The number of fused-ring (bicyclic) bond motifs is 1. The number of hydrogen-bond donors (Lipinski definition) is 1. The van der Waals surface area contributed by atoms with Crippen molar-refractivity contribution in [2.45, 2.75) is 50.2 Å². The molecule has 3 atom stereocenters. The van der Waals surface area contributed by atoms with Crippen LogP contribution in [-0.2, 0) is 0 Å². The molecule has 0 bridgehead atoms. The van der Waals surface area contributed by atoms with Crippen LogP contribution in [0.1, 0.15) is 45.2 Å². The zero-order valence-corrected chi connectivity index (χ0v) is 13.0. The van der Waals surface area contributed by atoms with Gasteiger partial charge < -0.3 is 10.1 Å². The third-order valence-electron chi connectivity index (χ3n) is 3.63. The lowest BCUT2D eigenvalue weighted by Gasteiger charge is -2.35. The van der Waals surface area contributed by atoms with Crippen molar-refractivity contribution in [3.8, 4) is 5.75 Å². The summed E-state index contributed by atoms with van der Waals surface area (Å²) in [4.78, 5) is 0. The highest BCUT2D eigenvalue weighted by atomic mass is 32.2. The second-order valence-corrected chi connectivity index (χ2v) is 6.86. The molecule has 1 aromatic carbocycles. The van der Waals surface area contributed by atoms with E-state index in [2.05, 4.69) is 62.1 Å². The van der Waals surface area contributed by atoms with Crippen molar-refractivity contribution in [2.24, 2.45) is 0 Å². The Morgan fingerprint density at radius 1 is 1.37 bits per heavy atom. The first kappa shape index (κ1) is 14.7. The van der Waals surface area contributed by atoms with Gasteiger partial charge >= 0.3 is 0 Å². The molecule has 0 spiro atoms. The van der Waals surface area contributed by atoms with Gasteiger partial charge in [-0.1, -0.05) is 39.0 Å². The van der Waals surface area contributed by atoms with Gasteiger partial charge in [-0.25, -0.2) is 0 Å². The van der Waals surface area contributed by atoms with Crippen molar-refractivity contribution in [1.82, 2.24) is 5.32 Å². The summed E-state index contributed by atoms with van der Waals surface area (Å²) >= 11 is 2.06. The number of benzene rings is 1. The Bertz CT molecular complexity index is 396. The zero-order chi connectivity index (χ0) is 13.7. The molecule has 1 aliphatic rings. The Morgan fingerprint density at radius 3 is 2.89 bits per heavy atom. The van der Waals surface area contributed by atoms with E-state index in [1.54, 1.807) is 0 Å². The SMILES string of the molecule is CCCNC1c2ccccc2OCC1SC(C)CC. The van der Waals surface area contributed by atoms with Crippen LogP contribution in [0.15, 0.2) is 24.3 Å². The largest absolute Gasteiger partial charge is 0.492 e. The molecule has 1 aliphatic heterocycles. The van der Waals surface area contributed by atoms with Gasteiger partial charge in [0, 0.05) is 10.8 Å². The quantitative estimate of drug-likeness (QED) is 0.850. The second-order valence-electron chi connectivity index (χ2n) is 5.17. The smallest absolute Gasteiger partial charge is 0.124 e. The highest BCUT2D eigenvalue weighted by molar-refractivity contribution is 8.00. The first-order valence-corrected chi connectivity index (χ1v) is 8.31. The minimum absolute atomic E-state index is 0.420. The summed E-state index contributed by atoms with van der Waals surface area (Å²) in [5.74, 6) is 1.05. The second kappa shape index (κ2) is 7.20. The molecule has 2 nitrogen and oxygen atoms in total. The molecule has 0 saturated carbocycles. The molecule has 0 fully saturated rings. The van der Waals surface area contributed by atoms with Crippen molar-refractivity contribution in [3.05, 3.63) is 29.8 Å². The molecule has 0 saturated heterocycles. The number of thioether (sulfide) groups is 1. The fraction of sp³-hybridized carbons (Fsp3) is 0.625. The highest BCUT2D eigenvalue weighted by Gasteiger charge is 2.31. The van der Waals surface area contributed by atoms with Gasteiger partial charge in [-0.2, -0.15) is 0 Å². The Labute approximate surface area is 121 Å². The number of ether oxygens (including phenoxy) is 1. The average Bonchev–Trinajstić information content (AvgIpc) is 2.45. The van der Waals surface area contributed by atoms with E-state index in [1.807, 2.05) is 0 Å². The van der Waals surface area contributed by atoms with Gasteiger partial charge in [-0.05, 0) is 25.5 Å². The molecule has 0 amide bonds. The number of rotatable bonds is 6. The van der Waals surface area contributed by atoms with E-state index >= 15 is 0 Å². The van der Waals surface area contributed by atoms with Crippen LogP contribution in [0.2, 0.25) is 0 Å². The molecule has 1 heterocycles. The molecule has 0 aromatic heterocycles. The zero-order valence-electron chi connectivity index (χ0n) is 12.2. The van der Waals surface area contributed by atoms with Gasteiger partial charge in [0.2, 0.25) is 0 Å². The van der Waals surface area contributed by atoms with Crippen molar-refractivity contribution >= 4 is 11.8 Å². The number of nitrogens with one attached hydrogen (secondary N) is 1. The summed E-state index contributed by atoms with van der Waals surface area (Å²) < 4.78 is 5.93. The molecule has 0 aliphatic carbocycles. The third-order valence-corrected chi connectivity index (χ3v) is 5.18. The molecular formula is C16H25NOS. The maximum atomic E-state index is 5.93. The lowest BCUT2D eigenvalue weighted by Crippen LogP contribution is -2.38. The molecule has 3 unspecified atom stereocenters. The predicted molar refractivity (Wildman–Crippen MR) is 84.1 cm³/mol. The molecule has 1 N–H and O–H groups in total. The maximum Gasteiger partial charge on any atom is 0.124 e. The first-order chi connectivity index (χ1) is 9.26. The summed E-state index contributed by atoms with van der Waals surface area (Å²) in [6.07, 6.45) is 2.38. The molecule has 2 rings (SSSR count). The van der Waals surface area contributed by atoms with Crippen molar-refractivity contribution < 1.29 is 4.74 Å². The van der Waals surface area contributed by atoms with Crippen LogP contribution in [-0.4, -0.2) is 23.7 Å². The van der Waals surface area contributed by atoms with Crippen molar-refractivity contribution in [1.29, 1.82) is 0 Å². The minimum atomic E-state index is 0.420. The van der Waals surface area contributed by atoms with Crippen LogP contribution >= 0.6 is 11.8 Å². The minimum Gasteiger partial charge on any atom is -0.492 e. The van der Waals surface area contributed by atoms with Gasteiger partial charge in [0.1, 0.15) is 12.4 Å². The van der Waals surface area contributed by atoms with E-state index in [1.165, 1.54) is 18.4 Å². The fourth-order valence-electron chi connectivity index (χ4n) is 2.39. The molecule has 106 valence electrons. The lowest BCUT2D eigenvalue weighted by atomic mass is 10.00. The van der Waals surface area contributed by atoms with E-state index < -0.39 is 0 Å². The average molecular weight is 279 g/mol. The summed E-state index contributed by atoms with van der Waals surface area (Å²) in [7, 11) is 0. The normalized spacial score (nSPS) is 23.5. The monoisotopic (exact) mass is 279 g/mol. The van der Waals surface area contributed by atoms with Gasteiger partial charge in [0.25, 0.3) is 0 Å². The molecular weight excluding hydrogens is 254 g/mol. The lowest BCUT2D eigenvalue weighted by molar-refractivity contribution is 0.260. The Hall–Kier alpha value is -0.670. The summed E-state index contributed by atoms with van der Waals surface area (Å²) in [5, 5.41) is 4.90. The third kappa shape index (κ3) is 3.67. The van der Waals surface area contributed by atoms with Gasteiger partial charge in [-0.15, -0.1) is 11.8 Å². The van der Waals surface area contributed by atoms with Crippen LogP contribution < -0.4 is 10.1 Å². The Morgan fingerprint density at radius 2 is 2.16 bits per heavy atom. The summed E-state index contributed by atoms with van der Waals surface area (Å²) in [5.41, 5.74) is 1.32. The number of hydrogen-bond acceptors (Lipinski definition) is 3. The van der Waals surface area contributed by atoms with Crippen LogP contribution in [0.25, 0.3) is 0 Å². The topological polar surface area (TPSA) is 21.3 Å². The van der Waals surface area contributed by atoms with Crippen LogP contribution in [0.5, 0.6) is 5.75 Å². The van der Waals surface area contributed by atoms with E-state index in [4.69, 9.17) is 4.74 Å². The molecule has 1 aromatic rings. The first-order valence-electron chi connectivity index (χ1n) is 7.36. The van der Waals surface area contributed by atoms with Crippen molar-refractivity contribution in [3.63, 3.8) is 0 Å². The standard InChI is InChI=1S/C16H25NOS/c1-4-10-17-16-13-8-6-7-9-14(13)18-11-15(16)19-12(3)5-2/h6-9,12,15-17H,4-5,10-11H2,1-3H3. The van der Waals surface area contributed by atoms with Gasteiger partial charge in [-0.3, -0.25) is 0 Å². The maximum absolute atomic E-state index is 5.93.